The molecule has 2 heterocycles. The van der Waals surface area contributed by atoms with Crippen LogP contribution in [0.25, 0.3) is 0 Å². The topological polar surface area (TPSA) is 61.9 Å². The molecule has 3 rings (SSSR count). The van der Waals surface area contributed by atoms with Gasteiger partial charge in [-0.05, 0) is 24.2 Å². The maximum atomic E-state index is 12.2. The van der Waals surface area contributed by atoms with Gasteiger partial charge in [0, 0.05) is 13.1 Å². The minimum Gasteiger partial charge on any atom is -0.337 e. The third kappa shape index (κ3) is 1.83. The van der Waals surface area contributed by atoms with Crippen LogP contribution in [0, 0.1) is 17.8 Å². The summed E-state index contributed by atoms with van der Waals surface area (Å²) in [7, 11) is 0. The number of rotatable bonds is 1. The molecular weight excluding hydrogens is 216 g/mol. The Bertz CT molecular complexity index is 403. The van der Waals surface area contributed by atoms with Crippen molar-refractivity contribution in [3.63, 3.8) is 0 Å². The van der Waals surface area contributed by atoms with Crippen LogP contribution in [-0.4, -0.2) is 39.3 Å². The van der Waals surface area contributed by atoms with E-state index in [1.165, 1.54) is 25.5 Å². The van der Waals surface area contributed by atoms with Gasteiger partial charge in [-0.2, -0.15) is 0 Å². The number of nitrogens with one attached hydrogen (secondary N) is 1. The quantitative estimate of drug-likeness (QED) is 0.797. The molecule has 17 heavy (non-hydrogen) atoms. The molecule has 1 N–H and O–H groups in total. The molecule has 0 radical (unpaired) electrons. The highest BCUT2D eigenvalue weighted by molar-refractivity contribution is 5.92. The van der Waals surface area contributed by atoms with Crippen molar-refractivity contribution >= 4 is 5.91 Å². The number of H-pyrrole nitrogens is 1. The first-order valence-electron chi connectivity index (χ1n) is 6.41. The van der Waals surface area contributed by atoms with E-state index in [2.05, 4.69) is 22.3 Å². The molecule has 1 saturated heterocycles. The van der Waals surface area contributed by atoms with Crippen LogP contribution in [0.4, 0.5) is 0 Å². The number of aromatic amines is 1. The van der Waals surface area contributed by atoms with Gasteiger partial charge in [-0.15, -0.1) is 5.10 Å². The number of fused-ring (bicyclic) bond motifs is 1. The number of carbonyl (C=O) groups is 1. The van der Waals surface area contributed by atoms with Gasteiger partial charge in [0.15, 0.2) is 0 Å². The molecule has 1 aromatic heterocycles. The van der Waals surface area contributed by atoms with E-state index >= 15 is 0 Å². The summed E-state index contributed by atoms with van der Waals surface area (Å²) in [6, 6.07) is 0. The van der Waals surface area contributed by atoms with Crippen LogP contribution in [-0.2, 0) is 0 Å². The average molecular weight is 234 g/mol. The summed E-state index contributed by atoms with van der Waals surface area (Å²) in [5.74, 6) is 2.21. The molecule has 2 aliphatic rings. The third-order valence-corrected chi connectivity index (χ3v) is 4.39. The van der Waals surface area contributed by atoms with Crippen molar-refractivity contribution in [1.82, 2.24) is 20.3 Å². The lowest BCUT2D eigenvalue weighted by atomic mass is 9.75. The summed E-state index contributed by atoms with van der Waals surface area (Å²) < 4.78 is 0. The zero-order valence-electron chi connectivity index (χ0n) is 10.1. The maximum absolute atomic E-state index is 12.2. The SMILES string of the molecule is C[C@@H]1CCC[C@@H]2CN(C(=O)c3cnn[nH]3)C[C@@H]21. The van der Waals surface area contributed by atoms with Crippen LogP contribution in [0.3, 0.4) is 0 Å². The summed E-state index contributed by atoms with van der Waals surface area (Å²) in [6.45, 7) is 4.14. The summed E-state index contributed by atoms with van der Waals surface area (Å²) in [5.41, 5.74) is 0.510. The van der Waals surface area contributed by atoms with Crippen LogP contribution in [0.5, 0.6) is 0 Å². The van der Waals surface area contributed by atoms with Crippen molar-refractivity contribution in [2.75, 3.05) is 13.1 Å². The summed E-state index contributed by atoms with van der Waals surface area (Å²) in [5, 5.41) is 9.92. The van der Waals surface area contributed by atoms with Crippen LogP contribution < -0.4 is 0 Å². The Kier molecular flexibility index (Phi) is 2.61. The third-order valence-electron chi connectivity index (χ3n) is 4.39. The Morgan fingerprint density at radius 3 is 3.06 bits per heavy atom. The Labute approximate surface area is 101 Å². The number of likely N-dealkylation sites (tertiary alicyclic amines) is 1. The van der Waals surface area contributed by atoms with E-state index < -0.39 is 0 Å². The molecule has 1 amide bonds. The fourth-order valence-corrected chi connectivity index (χ4v) is 3.40. The minimum absolute atomic E-state index is 0.0524. The van der Waals surface area contributed by atoms with E-state index in [1.807, 2.05) is 4.90 Å². The van der Waals surface area contributed by atoms with E-state index in [0.717, 1.165) is 19.0 Å². The lowest BCUT2D eigenvalue weighted by Crippen LogP contribution is -2.29. The molecule has 0 aromatic carbocycles. The molecule has 92 valence electrons. The predicted molar refractivity (Wildman–Crippen MR) is 62.3 cm³/mol. The highest BCUT2D eigenvalue weighted by atomic mass is 16.2. The van der Waals surface area contributed by atoms with Crippen LogP contribution in [0.2, 0.25) is 0 Å². The van der Waals surface area contributed by atoms with Crippen molar-refractivity contribution in [2.45, 2.75) is 26.2 Å². The molecule has 0 spiro atoms. The average Bonchev–Trinajstić information content (AvgIpc) is 2.98. The molecule has 1 saturated carbocycles. The second-order valence-electron chi connectivity index (χ2n) is 5.41. The normalized spacial score (nSPS) is 32.5. The standard InChI is InChI=1S/C12H18N4O/c1-8-3-2-4-9-6-16(7-10(8)9)12(17)11-5-13-15-14-11/h5,8-10H,2-4,6-7H2,1H3,(H,13,14,15)/t8-,9-,10-/m1/s1. The Morgan fingerprint density at radius 1 is 1.47 bits per heavy atom. The number of aromatic nitrogens is 3. The van der Waals surface area contributed by atoms with Crippen LogP contribution in [0.1, 0.15) is 36.7 Å². The first-order valence-corrected chi connectivity index (χ1v) is 6.41. The Hall–Kier alpha value is -1.39. The molecule has 0 bridgehead atoms. The van der Waals surface area contributed by atoms with E-state index in [9.17, 15) is 4.79 Å². The van der Waals surface area contributed by atoms with Crippen LogP contribution >= 0.6 is 0 Å². The fourth-order valence-electron chi connectivity index (χ4n) is 3.40. The number of carbonyl (C=O) groups excluding carboxylic acids is 1. The Balaban J connectivity index is 1.73. The smallest absolute Gasteiger partial charge is 0.273 e. The molecule has 1 aliphatic carbocycles. The largest absolute Gasteiger partial charge is 0.337 e. The van der Waals surface area contributed by atoms with Gasteiger partial charge in [0.1, 0.15) is 5.69 Å². The summed E-state index contributed by atoms with van der Waals surface area (Å²) >= 11 is 0. The van der Waals surface area contributed by atoms with Gasteiger partial charge in [0.05, 0.1) is 6.20 Å². The molecule has 1 aliphatic heterocycles. The van der Waals surface area contributed by atoms with E-state index in [0.29, 0.717) is 17.5 Å². The molecule has 5 nitrogen and oxygen atoms in total. The number of nitrogens with zero attached hydrogens (tertiary/aromatic N) is 3. The molecule has 1 aromatic rings. The second-order valence-corrected chi connectivity index (χ2v) is 5.41. The van der Waals surface area contributed by atoms with Gasteiger partial charge < -0.3 is 4.90 Å². The second kappa shape index (κ2) is 4.13. The van der Waals surface area contributed by atoms with Crippen molar-refractivity contribution < 1.29 is 4.79 Å². The van der Waals surface area contributed by atoms with Gasteiger partial charge in [-0.3, -0.25) is 9.89 Å². The fraction of sp³-hybridized carbons (Fsp3) is 0.750. The molecule has 2 fully saturated rings. The molecule has 5 heteroatoms. The van der Waals surface area contributed by atoms with Gasteiger partial charge in [-0.25, -0.2) is 0 Å². The van der Waals surface area contributed by atoms with Crippen molar-refractivity contribution in [2.24, 2.45) is 17.8 Å². The predicted octanol–water partition coefficient (Wildman–Crippen LogP) is 1.31. The zero-order valence-corrected chi connectivity index (χ0v) is 10.1. The monoisotopic (exact) mass is 234 g/mol. The van der Waals surface area contributed by atoms with E-state index in [1.54, 1.807) is 0 Å². The molecule has 3 atom stereocenters. The van der Waals surface area contributed by atoms with Crippen LogP contribution in [0.15, 0.2) is 6.20 Å². The van der Waals surface area contributed by atoms with Crippen molar-refractivity contribution in [1.29, 1.82) is 0 Å². The summed E-state index contributed by atoms with van der Waals surface area (Å²) in [6.07, 6.45) is 5.42. The minimum atomic E-state index is 0.0524. The van der Waals surface area contributed by atoms with Crippen molar-refractivity contribution in [3.05, 3.63) is 11.9 Å². The molecular formula is C12H18N4O. The van der Waals surface area contributed by atoms with Gasteiger partial charge in [0.2, 0.25) is 0 Å². The maximum Gasteiger partial charge on any atom is 0.273 e. The van der Waals surface area contributed by atoms with Gasteiger partial charge in [0.25, 0.3) is 5.91 Å². The first kappa shape index (κ1) is 10.7. The van der Waals surface area contributed by atoms with E-state index in [4.69, 9.17) is 0 Å². The number of amides is 1. The highest BCUT2D eigenvalue weighted by Gasteiger charge is 2.40. The zero-order chi connectivity index (χ0) is 11.8. The number of hydrogen-bond donors (Lipinski definition) is 1. The lowest BCUT2D eigenvalue weighted by Gasteiger charge is -2.29. The van der Waals surface area contributed by atoms with Gasteiger partial charge in [-0.1, -0.05) is 25.0 Å². The molecule has 0 unspecified atom stereocenters. The highest BCUT2D eigenvalue weighted by Crippen LogP contribution is 2.40. The Morgan fingerprint density at radius 2 is 2.35 bits per heavy atom. The number of hydrogen-bond acceptors (Lipinski definition) is 3. The van der Waals surface area contributed by atoms with Gasteiger partial charge >= 0.3 is 0 Å². The first-order chi connectivity index (χ1) is 8.25. The van der Waals surface area contributed by atoms with E-state index in [-0.39, 0.29) is 5.91 Å². The lowest BCUT2D eigenvalue weighted by molar-refractivity contribution is 0.0776. The van der Waals surface area contributed by atoms with Crippen molar-refractivity contribution in [3.8, 4) is 0 Å². The summed E-state index contributed by atoms with van der Waals surface area (Å²) in [4.78, 5) is 14.1.